The minimum Gasteiger partial charge on any atom is -0.476 e. The minimum atomic E-state index is -0.297. The molecule has 0 aliphatic heterocycles. The van der Waals surface area contributed by atoms with Gasteiger partial charge in [0.2, 0.25) is 4.38 Å². The molecule has 0 aliphatic carbocycles. The van der Waals surface area contributed by atoms with E-state index in [2.05, 4.69) is 4.74 Å². The molecular weight excluding hydrogens is 196 g/mol. The predicted octanol–water partition coefficient (Wildman–Crippen LogP) is 1.60. The van der Waals surface area contributed by atoms with Gasteiger partial charge in [0.1, 0.15) is 0 Å². The summed E-state index contributed by atoms with van der Waals surface area (Å²) in [6.07, 6.45) is 0.0580. The van der Waals surface area contributed by atoms with Crippen molar-refractivity contribution in [3.8, 4) is 0 Å². The van der Waals surface area contributed by atoms with Crippen molar-refractivity contribution < 1.29 is 14.3 Å². The number of carbonyl (C=O) groups is 1. The molecule has 0 atom stereocenters. The molecule has 0 bridgehead atoms. The average molecular weight is 208 g/mol. The Morgan fingerprint density at radius 1 is 1.58 bits per heavy atom. The number of carbonyl (C=O) groups excluding carboxylic acids is 1. The fourth-order valence-electron chi connectivity index (χ4n) is 0.403. The van der Waals surface area contributed by atoms with Crippen molar-refractivity contribution in [2.75, 3.05) is 12.9 Å². The molecular formula is C7H12O3S2. The zero-order valence-electron chi connectivity index (χ0n) is 7.33. The van der Waals surface area contributed by atoms with Gasteiger partial charge in [-0.15, -0.1) is 0 Å². The molecule has 0 aromatic rings. The number of methoxy groups -OCH3 is 1. The van der Waals surface area contributed by atoms with Gasteiger partial charge in [0, 0.05) is 0 Å². The molecule has 0 heterocycles. The molecule has 0 rings (SSSR count). The van der Waals surface area contributed by atoms with E-state index in [1.54, 1.807) is 0 Å². The zero-order chi connectivity index (χ0) is 9.56. The second-order valence-corrected chi connectivity index (χ2v) is 3.86. The van der Waals surface area contributed by atoms with E-state index in [1.165, 1.54) is 18.9 Å². The Hall–Kier alpha value is -0.290. The van der Waals surface area contributed by atoms with Crippen molar-refractivity contribution >= 4 is 34.3 Å². The van der Waals surface area contributed by atoms with E-state index in [-0.39, 0.29) is 17.8 Å². The molecule has 0 saturated heterocycles. The van der Waals surface area contributed by atoms with Gasteiger partial charge in [-0.25, -0.2) is 0 Å². The summed E-state index contributed by atoms with van der Waals surface area (Å²) in [7, 11) is 1.34. The number of hydrogen-bond donors (Lipinski definition) is 0. The summed E-state index contributed by atoms with van der Waals surface area (Å²) in [6, 6.07) is 0. The maximum Gasteiger partial charge on any atom is 0.316 e. The van der Waals surface area contributed by atoms with E-state index in [9.17, 15) is 4.79 Å². The molecule has 0 aliphatic rings. The van der Waals surface area contributed by atoms with Crippen LogP contribution in [0.3, 0.4) is 0 Å². The Bertz CT molecular complexity index is 168. The molecule has 0 spiro atoms. The van der Waals surface area contributed by atoms with Crippen molar-refractivity contribution in [1.29, 1.82) is 0 Å². The van der Waals surface area contributed by atoms with Gasteiger partial charge >= 0.3 is 5.97 Å². The van der Waals surface area contributed by atoms with Crippen LogP contribution in [-0.4, -0.2) is 29.3 Å². The van der Waals surface area contributed by atoms with Gasteiger partial charge in [0.15, 0.2) is 0 Å². The first-order chi connectivity index (χ1) is 5.56. The molecule has 0 N–H and O–H groups in total. The van der Waals surface area contributed by atoms with Crippen LogP contribution in [0.1, 0.15) is 13.8 Å². The van der Waals surface area contributed by atoms with E-state index >= 15 is 0 Å². The van der Waals surface area contributed by atoms with Crippen LogP contribution < -0.4 is 0 Å². The summed E-state index contributed by atoms with van der Waals surface area (Å²) >= 11 is 6.00. The molecule has 0 unspecified atom stereocenters. The summed E-state index contributed by atoms with van der Waals surface area (Å²) in [6.45, 7) is 3.76. The van der Waals surface area contributed by atoms with E-state index in [0.29, 0.717) is 4.38 Å². The third-order valence-electron chi connectivity index (χ3n) is 0.867. The SMILES string of the molecule is COC(=O)CSC(=S)OC(C)C. The van der Waals surface area contributed by atoms with Crippen molar-refractivity contribution in [3.05, 3.63) is 0 Å². The van der Waals surface area contributed by atoms with Gasteiger partial charge in [-0.2, -0.15) is 0 Å². The van der Waals surface area contributed by atoms with E-state index in [4.69, 9.17) is 17.0 Å². The maximum absolute atomic E-state index is 10.6. The molecule has 12 heavy (non-hydrogen) atoms. The quantitative estimate of drug-likeness (QED) is 0.520. The topological polar surface area (TPSA) is 35.5 Å². The van der Waals surface area contributed by atoms with Crippen molar-refractivity contribution in [2.24, 2.45) is 0 Å². The monoisotopic (exact) mass is 208 g/mol. The van der Waals surface area contributed by atoms with Crippen LogP contribution in [0, 0.1) is 0 Å². The third kappa shape index (κ3) is 6.42. The molecule has 70 valence electrons. The van der Waals surface area contributed by atoms with Crippen LogP contribution in [0.2, 0.25) is 0 Å². The van der Waals surface area contributed by atoms with Crippen LogP contribution in [0.25, 0.3) is 0 Å². The van der Waals surface area contributed by atoms with Crippen LogP contribution in [0.15, 0.2) is 0 Å². The first kappa shape index (κ1) is 11.7. The first-order valence-electron chi connectivity index (χ1n) is 3.46. The van der Waals surface area contributed by atoms with Gasteiger partial charge in [-0.3, -0.25) is 4.79 Å². The van der Waals surface area contributed by atoms with Crippen molar-refractivity contribution in [1.82, 2.24) is 0 Å². The molecule has 0 fully saturated rings. The van der Waals surface area contributed by atoms with Gasteiger partial charge < -0.3 is 9.47 Å². The second-order valence-electron chi connectivity index (χ2n) is 2.28. The molecule has 5 heteroatoms. The van der Waals surface area contributed by atoms with Gasteiger partial charge in [-0.1, -0.05) is 11.8 Å². The highest BCUT2D eigenvalue weighted by molar-refractivity contribution is 8.23. The summed E-state index contributed by atoms with van der Waals surface area (Å²) in [4.78, 5) is 10.6. The maximum atomic E-state index is 10.6. The summed E-state index contributed by atoms with van der Waals surface area (Å²) < 4.78 is 9.95. The summed E-state index contributed by atoms with van der Waals surface area (Å²) in [5, 5.41) is 0. The Kier molecular flexibility index (Phi) is 6.10. The number of rotatable bonds is 3. The number of ether oxygens (including phenoxy) is 2. The Labute approximate surface area is 81.8 Å². The molecule has 0 saturated carbocycles. The number of hydrogen-bond acceptors (Lipinski definition) is 5. The molecule has 0 radical (unpaired) electrons. The molecule has 3 nitrogen and oxygen atoms in total. The van der Waals surface area contributed by atoms with Crippen LogP contribution in [0.4, 0.5) is 0 Å². The minimum absolute atomic E-state index is 0.0580. The van der Waals surface area contributed by atoms with Crippen LogP contribution >= 0.6 is 24.0 Å². The highest BCUT2D eigenvalue weighted by Crippen LogP contribution is 2.08. The highest BCUT2D eigenvalue weighted by Gasteiger charge is 2.06. The molecule has 0 amide bonds. The summed E-state index contributed by atoms with van der Waals surface area (Å²) in [5.41, 5.74) is 0. The lowest BCUT2D eigenvalue weighted by Gasteiger charge is -2.08. The standard InChI is InChI=1S/C7H12O3S2/c1-5(2)10-7(11)12-4-6(8)9-3/h5H,4H2,1-3H3. The lowest BCUT2D eigenvalue weighted by atomic mass is 10.5. The normalized spacial score (nSPS) is 9.67. The first-order valence-corrected chi connectivity index (χ1v) is 4.86. The van der Waals surface area contributed by atoms with Crippen LogP contribution in [0.5, 0.6) is 0 Å². The van der Waals surface area contributed by atoms with Crippen LogP contribution in [-0.2, 0) is 14.3 Å². The van der Waals surface area contributed by atoms with E-state index in [1.807, 2.05) is 13.8 Å². The van der Waals surface area contributed by atoms with Crippen molar-refractivity contribution in [2.45, 2.75) is 20.0 Å². The third-order valence-corrected chi connectivity index (χ3v) is 2.03. The Morgan fingerprint density at radius 3 is 2.58 bits per heavy atom. The molecule has 0 aromatic carbocycles. The van der Waals surface area contributed by atoms with E-state index < -0.39 is 0 Å². The van der Waals surface area contributed by atoms with Gasteiger partial charge in [0.05, 0.1) is 19.0 Å². The van der Waals surface area contributed by atoms with Gasteiger partial charge in [0.25, 0.3) is 0 Å². The predicted molar refractivity (Wildman–Crippen MR) is 53.3 cm³/mol. The number of thioether (sulfide) groups is 1. The summed E-state index contributed by atoms with van der Waals surface area (Å²) in [5.74, 6) is -0.0862. The largest absolute Gasteiger partial charge is 0.476 e. The van der Waals surface area contributed by atoms with E-state index in [0.717, 1.165) is 0 Å². The zero-order valence-corrected chi connectivity index (χ0v) is 8.96. The lowest BCUT2D eigenvalue weighted by molar-refractivity contribution is -0.137. The van der Waals surface area contributed by atoms with Gasteiger partial charge in [-0.05, 0) is 26.1 Å². The number of thiocarbonyl (C=S) groups is 1. The highest BCUT2D eigenvalue weighted by atomic mass is 32.2. The smallest absolute Gasteiger partial charge is 0.316 e. The molecule has 0 aromatic heterocycles. The fraction of sp³-hybridized carbons (Fsp3) is 0.714. The average Bonchev–Trinajstić information content (AvgIpc) is 1.99. The van der Waals surface area contributed by atoms with Crippen molar-refractivity contribution in [3.63, 3.8) is 0 Å². The second kappa shape index (κ2) is 6.25. The lowest BCUT2D eigenvalue weighted by Crippen LogP contribution is -2.10. The number of esters is 1. The fourth-order valence-corrected chi connectivity index (χ4v) is 1.39. The Balaban J connectivity index is 3.51. The Morgan fingerprint density at radius 2 is 2.17 bits per heavy atom.